The molecule has 5 heteroatoms. The van der Waals surface area contributed by atoms with Crippen molar-refractivity contribution >= 4 is 18.3 Å². The second-order valence-electron chi connectivity index (χ2n) is 3.89. The van der Waals surface area contributed by atoms with Crippen molar-refractivity contribution in [3.05, 3.63) is 29.6 Å². The van der Waals surface area contributed by atoms with E-state index >= 15 is 0 Å². The van der Waals surface area contributed by atoms with Gasteiger partial charge in [0.1, 0.15) is 0 Å². The molecule has 2 rings (SSSR count). The lowest BCUT2D eigenvalue weighted by atomic mass is 10.2. The summed E-state index contributed by atoms with van der Waals surface area (Å²) in [5.74, 6) is 0.0644. The van der Waals surface area contributed by atoms with Gasteiger partial charge in [0.05, 0.1) is 5.69 Å². The zero-order valence-electron chi connectivity index (χ0n) is 9.22. The molecule has 1 aliphatic rings. The number of carbonyl (C=O) groups excluding carboxylic acids is 1. The van der Waals surface area contributed by atoms with Crippen molar-refractivity contribution in [3.8, 4) is 0 Å². The number of carbonyl (C=O) groups is 1. The summed E-state index contributed by atoms with van der Waals surface area (Å²) in [6.45, 7) is 0.369. The minimum absolute atomic E-state index is 0. The number of halogens is 1. The second-order valence-corrected chi connectivity index (χ2v) is 3.89. The van der Waals surface area contributed by atoms with Crippen LogP contribution in [0, 0.1) is 0 Å². The molecule has 1 amide bonds. The quantitative estimate of drug-likeness (QED) is 0.865. The zero-order valence-corrected chi connectivity index (χ0v) is 10.0. The Kier molecular flexibility index (Phi) is 4.26. The van der Waals surface area contributed by atoms with Crippen molar-refractivity contribution in [2.75, 3.05) is 7.05 Å². The average Bonchev–Trinajstić information content (AvgIpc) is 3.11. The van der Waals surface area contributed by atoms with Crippen LogP contribution in [-0.4, -0.2) is 28.9 Å². The number of aromatic nitrogens is 1. The Balaban J connectivity index is 0.00000128. The Labute approximate surface area is 101 Å². The van der Waals surface area contributed by atoms with Gasteiger partial charge in [-0.25, -0.2) is 0 Å². The van der Waals surface area contributed by atoms with Crippen LogP contribution in [0.15, 0.2) is 18.3 Å². The molecule has 0 aliphatic heterocycles. The van der Waals surface area contributed by atoms with Crippen LogP contribution in [0.3, 0.4) is 0 Å². The third-order valence-corrected chi connectivity index (χ3v) is 2.69. The Hall–Kier alpha value is -1.13. The fourth-order valence-electron chi connectivity index (χ4n) is 1.55. The van der Waals surface area contributed by atoms with Crippen molar-refractivity contribution in [2.45, 2.75) is 25.4 Å². The molecule has 0 radical (unpaired) electrons. The number of hydrogen-bond acceptors (Lipinski definition) is 3. The number of pyridine rings is 1. The lowest BCUT2D eigenvalue weighted by Crippen LogP contribution is -2.28. The monoisotopic (exact) mass is 241 g/mol. The van der Waals surface area contributed by atoms with Gasteiger partial charge in [-0.1, -0.05) is 0 Å². The maximum absolute atomic E-state index is 12.0. The molecule has 4 nitrogen and oxygen atoms in total. The highest BCUT2D eigenvalue weighted by molar-refractivity contribution is 5.94. The van der Waals surface area contributed by atoms with Gasteiger partial charge in [-0.15, -0.1) is 12.4 Å². The van der Waals surface area contributed by atoms with E-state index in [1.54, 1.807) is 23.2 Å². The topological polar surface area (TPSA) is 59.2 Å². The molecule has 2 N–H and O–H groups in total. The first-order chi connectivity index (χ1) is 7.22. The SMILES string of the molecule is CN(C(=O)c1ccnc(CN)c1)C1CC1.Cl. The van der Waals surface area contributed by atoms with Crippen LogP contribution in [0.2, 0.25) is 0 Å². The van der Waals surface area contributed by atoms with E-state index in [9.17, 15) is 4.79 Å². The van der Waals surface area contributed by atoms with Crippen molar-refractivity contribution in [2.24, 2.45) is 5.73 Å². The van der Waals surface area contributed by atoms with Gasteiger partial charge in [-0.3, -0.25) is 9.78 Å². The summed E-state index contributed by atoms with van der Waals surface area (Å²) in [6.07, 6.45) is 3.88. The molecule has 0 spiro atoms. The van der Waals surface area contributed by atoms with E-state index in [1.807, 2.05) is 7.05 Å². The van der Waals surface area contributed by atoms with E-state index in [0.717, 1.165) is 18.5 Å². The third kappa shape index (κ3) is 2.71. The predicted octanol–water partition coefficient (Wildman–Crippen LogP) is 1.20. The van der Waals surface area contributed by atoms with Gasteiger partial charge in [0.25, 0.3) is 5.91 Å². The average molecular weight is 242 g/mol. The minimum atomic E-state index is 0. The number of hydrogen-bond donors (Lipinski definition) is 1. The summed E-state index contributed by atoms with van der Waals surface area (Å²) in [5, 5.41) is 0. The number of nitrogens with zero attached hydrogens (tertiary/aromatic N) is 2. The maximum Gasteiger partial charge on any atom is 0.253 e. The fraction of sp³-hybridized carbons (Fsp3) is 0.455. The molecule has 1 saturated carbocycles. The number of amides is 1. The van der Waals surface area contributed by atoms with Gasteiger partial charge in [0, 0.05) is 31.4 Å². The maximum atomic E-state index is 12.0. The van der Waals surface area contributed by atoms with Crippen LogP contribution >= 0.6 is 12.4 Å². The van der Waals surface area contributed by atoms with Gasteiger partial charge in [-0.2, -0.15) is 0 Å². The van der Waals surface area contributed by atoms with E-state index in [0.29, 0.717) is 18.2 Å². The van der Waals surface area contributed by atoms with Gasteiger partial charge in [-0.05, 0) is 25.0 Å². The van der Waals surface area contributed by atoms with Crippen LogP contribution in [0.1, 0.15) is 28.9 Å². The first-order valence-corrected chi connectivity index (χ1v) is 5.14. The molecule has 0 aromatic carbocycles. The first kappa shape index (κ1) is 12.9. The minimum Gasteiger partial charge on any atom is -0.339 e. The van der Waals surface area contributed by atoms with Gasteiger partial charge >= 0.3 is 0 Å². The largest absolute Gasteiger partial charge is 0.339 e. The molecule has 88 valence electrons. The summed E-state index contributed by atoms with van der Waals surface area (Å²) in [7, 11) is 1.85. The lowest BCUT2D eigenvalue weighted by molar-refractivity contribution is 0.0785. The fourth-order valence-corrected chi connectivity index (χ4v) is 1.55. The zero-order chi connectivity index (χ0) is 10.8. The van der Waals surface area contributed by atoms with Gasteiger partial charge in [0.2, 0.25) is 0 Å². The summed E-state index contributed by atoms with van der Waals surface area (Å²) in [6, 6.07) is 3.94. The third-order valence-electron chi connectivity index (χ3n) is 2.69. The normalized spacial score (nSPS) is 14.1. The van der Waals surface area contributed by atoms with E-state index in [4.69, 9.17) is 5.73 Å². The highest BCUT2D eigenvalue weighted by Crippen LogP contribution is 2.26. The second kappa shape index (κ2) is 5.27. The summed E-state index contributed by atoms with van der Waals surface area (Å²) < 4.78 is 0. The van der Waals surface area contributed by atoms with E-state index in [1.165, 1.54) is 0 Å². The summed E-state index contributed by atoms with van der Waals surface area (Å²) in [4.78, 5) is 17.8. The molecule has 1 fully saturated rings. The first-order valence-electron chi connectivity index (χ1n) is 5.14. The number of nitrogens with two attached hydrogens (primary N) is 1. The smallest absolute Gasteiger partial charge is 0.253 e. The molecular formula is C11H16ClN3O. The van der Waals surface area contributed by atoms with Crippen molar-refractivity contribution in [1.29, 1.82) is 0 Å². The van der Waals surface area contributed by atoms with Crippen molar-refractivity contribution in [1.82, 2.24) is 9.88 Å². The van der Waals surface area contributed by atoms with E-state index in [2.05, 4.69) is 4.98 Å². The molecular weight excluding hydrogens is 226 g/mol. The molecule has 1 aromatic rings. The Morgan fingerprint density at radius 3 is 2.88 bits per heavy atom. The van der Waals surface area contributed by atoms with Crippen LogP contribution in [0.5, 0.6) is 0 Å². The van der Waals surface area contributed by atoms with Crippen LogP contribution in [0.25, 0.3) is 0 Å². The molecule has 1 aromatic heterocycles. The van der Waals surface area contributed by atoms with Gasteiger partial charge < -0.3 is 10.6 Å². The van der Waals surface area contributed by atoms with Crippen LogP contribution < -0.4 is 5.73 Å². The highest BCUT2D eigenvalue weighted by atomic mass is 35.5. The van der Waals surface area contributed by atoms with Crippen molar-refractivity contribution in [3.63, 3.8) is 0 Å². The molecule has 1 aliphatic carbocycles. The van der Waals surface area contributed by atoms with E-state index in [-0.39, 0.29) is 18.3 Å². The summed E-state index contributed by atoms with van der Waals surface area (Å²) in [5.41, 5.74) is 6.91. The Morgan fingerprint density at radius 1 is 1.62 bits per heavy atom. The molecule has 0 saturated heterocycles. The molecule has 1 heterocycles. The highest BCUT2D eigenvalue weighted by Gasteiger charge is 2.30. The standard InChI is InChI=1S/C11H15N3O.ClH/c1-14(10-2-3-10)11(15)8-4-5-13-9(6-8)7-12;/h4-6,10H,2-3,7,12H2,1H3;1H. The van der Waals surface area contributed by atoms with Crippen LogP contribution in [-0.2, 0) is 6.54 Å². The predicted molar refractivity (Wildman–Crippen MR) is 64.5 cm³/mol. The molecule has 0 atom stereocenters. The molecule has 16 heavy (non-hydrogen) atoms. The Bertz CT molecular complexity index is 379. The van der Waals surface area contributed by atoms with Crippen LogP contribution in [0.4, 0.5) is 0 Å². The summed E-state index contributed by atoms with van der Waals surface area (Å²) >= 11 is 0. The number of rotatable bonds is 3. The van der Waals surface area contributed by atoms with Gasteiger partial charge in [0.15, 0.2) is 0 Å². The molecule has 0 bridgehead atoms. The Morgan fingerprint density at radius 2 is 2.31 bits per heavy atom. The van der Waals surface area contributed by atoms with Crippen molar-refractivity contribution < 1.29 is 4.79 Å². The van der Waals surface area contributed by atoms with E-state index < -0.39 is 0 Å². The molecule has 0 unspecified atom stereocenters. The lowest BCUT2D eigenvalue weighted by Gasteiger charge is -2.16.